The van der Waals surface area contributed by atoms with E-state index in [0.717, 1.165) is 22.8 Å². The third-order valence-electron chi connectivity index (χ3n) is 2.53. The van der Waals surface area contributed by atoms with E-state index in [1.165, 1.54) is 5.54 Å². The molecular weight excluding hydrogens is 246 g/mol. The Labute approximate surface area is 112 Å². The first-order valence-corrected chi connectivity index (χ1v) is 6.14. The fourth-order valence-corrected chi connectivity index (χ4v) is 1.69. The SMILES string of the molecule is Cc1cc(Nc2ccccc2)nnc1CC=CCl. The Morgan fingerprint density at radius 2 is 2.00 bits per heavy atom. The first kappa shape index (κ1) is 12.6. The van der Waals surface area contributed by atoms with Crippen molar-refractivity contribution in [2.45, 2.75) is 13.3 Å². The lowest BCUT2D eigenvalue weighted by Crippen LogP contribution is -2.00. The van der Waals surface area contributed by atoms with Gasteiger partial charge in [0, 0.05) is 17.6 Å². The molecule has 0 spiro atoms. The van der Waals surface area contributed by atoms with Gasteiger partial charge in [0.05, 0.1) is 5.69 Å². The lowest BCUT2D eigenvalue weighted by Gasteiger charge is -2.07. The van der Waals surface area contributed by atoms with Gasteiger partial charge in [0.2, 0.25) is 0 Å². The van der Waals surface area contributed by atoms with Crippen LogP contribution in [-0.4, -0.2) is 10.2 Å². The van der Waals surface area contributed by atoms with Gasteiger partial charge in [-0.25, -0.2) is 0 Å². The minimum absolute atomic E-state index is 0.702. The van der Waals surface area contributed by atoms with Gasteiger partial charge in [-0.2, -0.15) is 5.10 Å². The van der Waals surface area contributed by atoms with Crippen LogP contribution in [0.1, 0.15) is 11.3 Å². The Morgan fingerprint density at radius 3 is 2.67 bits per heavy atom. The van der Waals surface area contributed by atoms with Gasteiger partial charge in [0.25, 0.3) is 0 Å². The molecule has 0 aliphatic rings. The summed E-state index contributed by atoms with van der Waals surface area (Å²) in [6, 6.07) is 11.9. The van der Waals surface area contributed by atoms with E-state index in [-0.39, 0.29) is 0 Å². The maximum Gasteiger partial charge on any atom is 0.153 e. The van der Waals surface area contributed by atoms with E-state index in [0.29, 0.717) is 6.42 Å². The predicted molar refractivity (Wildman–Crippen MR) is 75.2 cm³/mol. The second kappa shape index (κ2) is 6.17. The first-order chi connectivity index (χ1) is 8.79. The monoisotopic (exact) mass is 259 g/mol. The zero-order chi connectivity index (χ0) is 12.8. The largest absolute Gasteiger partial charge is 0.339 e. The molecule has 0 saturated heterocycles. The first-order valence-electron chi connectivity index (χ1n) is 5.70. The Morgan fingerprint density at radius 1 is 1.22 bits per heavy atom. The highest BCUT2D eigenvalue weighted by Crippen LogP contribution is 2.15. The summed E-state index contributed by atoms with van der Waals surface area (Å²) in [5.41, 5.74) is 4.53. The highest BCUT2D eigenvalue weighted by atomic mass is 35.5. The maximum absolute atomic E-state index is 5.50. The quantitative estimate of drug-likeness (QED) is 0.907. The van der Waals surface area contributed by atoms with Crippen LogP contribution >= 0.6 is 11.6 Å². The lowest BCUT2D eigenvalue weighted by atomic mass is 10.2. The van der Waals surface area contributed by atoms with Crippen molar-refractivity contribution in [3.8, 4) is 0 Å². The molecule has 0 aliphatic heterocycles. The zero-order valence-corrected chi connectivity index (χ0v) is 10.9. The minimum Gasteiger partial charge on any atom is -0.339 e. The van der Waals surface area contributed by atoms with Crippen LogP contribution in [0.3, 0.4) is 0 Å². The maximum atomic E-state index is 5.50. The summed E-state index contributed by atoms with van der Waals surface area (Å²) in [5.74, 6) is 0.748. The van der Waals surface area contributed by atoms with Crippen LogP contribution < -0.4 is 5.32 Å². The molecule has 3 nitrogen and oxygen atoms in total. The molecule has 0 amide bonds. The summed E-state index contributed by atoms with van der Waals surface area (Å²) < 4.78 is 0. The van der Waals surface area contributed by atoms with Gasteiger partial charge in [-0.05, 0) is 30.7 Å². The molecule has 1 aromatic carbocycles. The molecule has 0 bridgehead atoms. The molecule has 0 aliphatic carbocycles. The summed E-state index contributed by atoms with van der Waals surface area (Å²) >= 11 is 5.50. The van der Waals surface area contributed by atoms with E-state index in [2.05, 4.69) is 15.5 Å². The molecule has 4 heteroatoms. The number of hydrogen-bond donors (Lipinski definition) is 1. The number of benzene rings is 1. The second-order valence-corrected chi connectivity index (χ2v) is 4.17. The van der Waals surface area contributed by atoms with Crippen LogP contribution in [0.5, 0.6) is 0 Å². The Kier molecular flexibility index (Phi) is 4.31. The average molecular weight is 260 g/mol. The van der Waals surface area contributed by atoms with Crippen molar-refractivity contribution in [2.24, 2.45) is 0 Å². The number of halogens is 1. The highest BCUT2D eigenvalue weighted by molar-refractivity contribution is 6.25. The van der Waals surface area contributed by atoms with E-state index in [1.807, 2.05) is 49.4 Å². The average Bonchev–Trinajstić information content (AvgIpc) is 2.39. The van der Waals surface area contributed by atoms with Crippen molar-refractivity contribution in [3.05, 3.63) is 59.3 Å². The molecule has 0 unspecified atom stereocenters. The standard InChI is InChI=1S/C14H14ClN3/c1-11-10-14(16-12-6-3-2-4-7-12)18-17-13(11)8-5-9-15/h2-7,9-10H,8H2,1H3,(H,16,18). The van der Waals surface area contributed by atoms with Crippen molar-refractivity contribution in [1.29, 1.82) is 0 Å². The number of nitrogens with one attached hydrogen (secondary N) is 1. The van der Waals surface area contributed by atoms with E-state index >= 15 is 0 Å². The molecule has 92 valence electrons. The van der Waals surface area contributed by atoms with Crippen molar-refractivity contribution in [1.82, 2.24) is 10.2 Å². The smallest absolute Gasteiger partial charge is 0.153 e. The fraction of sp³-hybridized carbons (Fsp3) is 0.143. The number of anilines is 2. The Hall–Kier alpha value is -1.87. The molecule has 1 heterocycles. The molecule has 2 rings (SSSR count). The van der Waals surface area contributed by atoms with E-state index < -0.39 is 0 Å². The number of aromatic nitrogens is 2. The van der Waals surface area contributed by atoms with Gasteiger partial charge in [0.15, 0.2) is 5.82 Å². The summed E-state index contributed by atoms with van der Waals surface area (Å²) in [7, 11) is 0. The molecule has 2 aromatic rings. The molecule has 1 N–H and O–H groups in total. The van der Waals surface area contributed by atoms with Crippen molar-refractivity contribution in [3.63, 3.8) is 0 Å². The molecule has 0 atom stereocenters. The summed E-state index contributed by atoms with van der Waals surface area (Å²) in [6.07, 6.45) is 2.55. The van der Waals surface area contributed by atoms with Gasteiger partial charge in [-0.1, -0.05) is 35.9 Å². The minimum atomic E-state index is 0.702. The normalized spacial score (nSPS) is 10.8. The molecule has 18 heavy (non-hydrogen) atoms. The van der Waals surface area contributed by atoms with Gasteiger partial charge in [0.1, 0.15) is 0 Å². The van der Waals surface area contributed by atoms with Gasteiger partial charge < -0.3 is 5.32 Å². The van der Waals surface area contributed by atoms with E-state index in [4.69, 9.17) is 11.6 Å². The third kappa shape index (κ3) is 3.31. The van der Waals surface area contributed by atoms with Crippen LogP contribution in [-0.2, 0) is 6.42 Å². The number of allylic oxidation sites excluding steroid dienone is 1. The molecular formula is C14H14ClN3. The fourth-order valence-electron chi connectivity index (χ4n) is 1.60. The zero-order valence-electron chi connectivity index (χ0n) is 10.1. The predicted octanol–water partition coefficient (Wildman–Crippen LogP) is 3.82. The number of para-hydroxylation sites is 1. The lowest BCUT2D eigenvalue weighted by molar-refractivity contribution is 0.935. The Bertz CT molecular complexity index is 538. The highest BCUT2D eigenvalue weighted by Gasteiger charge is 2.02. The van der Waals surface area contributed by atoms with Crippen LogP contribution in [0.4, 0.5) is 11.5 Å². The van der Waals surface area contributed by atoms with Crippen molar-refractivity contribution >= 4 is 23.1 Å². The van der Waals surface area contributed by atoms with Gasteiger partial charge >= 0.3 is 0 Å². The van der Waals surface area contributed by atoms with Gasteiger partial charge in [-0.15, -0.1) is 5.10 Å². The van der Waals surface area contributed by atoms with Crippen LogP contribution in [0.2, 0.25) is 0 Å². The number of rotatable bonds is 4. The topological polar surface area (TPSA) is 37.8 Å². The second-order valence-electron chi connectivity index (χ2n) is 3.92. The van der Waals surface area contributed by atoms with Crippen LogP contribution in [0.25, 0.3) is 0 Å². The van der Waals surface area contributed by atoms with E-state index in [1.54, 1.807) is 0 Å². The van der Waals surface area contributed by atoms with Crippen molar-refractivity contribution < 1.29 is 0 Å². The van der Waals surface area contributed by atoms with Crippen LogP contribution in [0, 0.1) is 6.92 Å². The number of aryl methyl sites for hydroxylation is 1. The molecule has 0 fully saturated rings. The van der Waals surface area contributed by atoms with Crippen molar-refractivity contribution in [2.75, 3.05) is 5.32 Å². The number of hydrogen-bond acceptors (Lipinski definition) is 3. The summed E-state index contributed by atoms with van der Waals surface area (Å²) in [6.45, 7) is 2.02. The van der Waals surface area contributed by atoms with Gasteiger partial charge in [-0.3, -0.25) is 0 Å². The molecule has 0 saturated carbocycles. The third-order valence-corrected chi connectivity index (χ3v) is 2.71. The molecule has 1 aromatic heterocycles. The van der Waals surface area contributed by atoms with Crippen LogP contribution in [0.15, 0.2) is 48.0 Å². The Balaban J connectivity index is 2.14. The summed E-state index contributed by atoms with van der Waals surface area (Å²) in [4.78, 5) is 0. The molecule has 0 radical (unpaired) electrons. The number of nitrogens with zero attached hydrogens (tertiary/aromatic N) is 2. The van der Waals surface area contributed by atoms with E-state index in [9.17, 15) is 0 Å². The summed E-state index contributed by atoms with van der Waals surface area (Å²) in [5, 5.41) is 11.5.